The molecule has 23 heavy (non-hydrogen) atoms. The van der Waals surface area contributed by atoms with Crippen LogP contribution in [0.5, 0.6) is 0 Å². The third kappa shape index (κ3) is 2.89. The van der Waals surface area contributed by atoms with Crippen LogP contribution in [0.1, 0.15) is 42.3 Å². The summed E-state index contributed by atoms with van der Waals surface area (Å²) in [5.74, 6) is 0.641. The van der Waals surface area contributed by atoms with Crippen molar-refractivity contribution in [2.75, 3.05) is 13.1 Å². The summed E-state index contributed by atoms with van der Waals surface area (Å²) >= 11 is 1.76. The fourth-order valence-electron chi connectivity index (χ4n) is 3.67. The van der Waals surface area contributed by atoms with E-state index in [0.29, 0.717) is 12.0 Å². The smallest absolute Gasteiger partial charge is 0.109 e. The first-order valence-electron chi connectivity index (χ1n) is 8.30. The molecule has 3 heterocycles. The van der Waals surface area contributed by atoms with Crippen molar-refractivity contribution >= 4 is 22.2 Å². The lowest BCUT2D eigenvalue weighted by molar-refractivity contribution is 0.162. The number of pyridine rings is 1. The maximum atomic E-state index is 4.50. The molecule has 0 amide bonds. The van der Waals surface area contributed by atoms with E-state index in [1.165, 1.54) is 28.8 Å². The van der Waals surface area contributed by atoms with Gasteiger partial charge in [0.2, 0.25) is 0 Å². The largest absolute Gasteiger partial charge is 0.294 e. The Bertz CT molecular complexity index is 771. The van der Waals surface area contributed by atoms with Gasteiger partial charge in [-0.25, -0.2) is 4.98 Å². The van der Waals surface area contributed by atoms with Crippen molar-refractivity contribution in [3.8, 4) is 0 Å². The molecule has 0 N–H and O–H groups in total. The number of aromatic nitrogens is 2. The quantitative estimate of drug-likeness (QED) is 0.703. The fourth-order valence-corrected chi connectivity index (χ4v) is 4.40. The molecular formula is C19H21N3S. The fraction of sp³-hybridized carbons (Fsp3) is 0.368. The Morgan fingerprint density at radius 2 is 1.91 bits per heavy atom. The molecule has 1 fully saturated rings. The van der Waals surface area contributed by atoms with Gasteiger partial charge in [-0.2, -0.15) is 0 Å². The molecule has 2 aromatic heterocycles. The van der Waals surface area contributed by atoms with E-state index in [9.17, 15) is 0 Å². The van der Waals surface area contributed by atoms with Gasteiger partial charge in [-0.3, -0.25) is 9.88 Å². The molecule has 0 saturated carbocycles. The second-order valence-electron chi connectivity index (χ2n) is 6.27. The van der Waals surface area contributed by atoms with Crippen LogP contribution in [0.4, 0.5) is 0 Å². The number of piperidine rings is 1. The highest BCUT2D eigenvalue weighted by atomic mass is 32.1. The topological polar surface area (TPSA) is 29.0 Å². The second kappa shape index (κ2) is 6.38. The summed E-state index contributed by atoms with van der Waals surface area (Å²) in [4.78, 5) is 11.5. The van der Waals surface area contributed by atoms with Crippen molar-refractivity contribution in [1.82, 2.24) is 14.9 Å². The molecule has 1 aliphatic heterocycles. The lowest BCUT2D eigenvalue weighted by Gasteiger charge is -2.35. The number of likely N-dealkylation sites (tertiary alicyclic amines) is 1. The zero-order valence-electron chi connectivity index (χ0n) is 13.4. The highest BCUT2D eigenvalue weighted by molar-refractivity contribution is 7.09. The van der Waals surface area contributed by atoms with E-state index >= 15 is 0 Å². The first-order valence-corrected chi connectivity index (χ1v) is 9.18. The van der Waals surface area contributed by atoms with Gasteiger partial charge in [-0.05, 0) is 56.5 Å². The van der Waals surface area contributed by atoms with Crippen molar-refractivity contribution in [3.63, 3.8) is 0 Å². The maximum absolute atomic E-state index is 4.50. The van der Waals surface area contributed by atoms with Gasteiger partial charge < -0.3 is 0 Å². The van der Waals surface area contributed by atoms with E-state index in [0.717, 1.165) is 18.6 Å². The minimum Gasteiger partial charge on any atom is -0.294 e. The Labute approximate surface area is 141 Å². The standard InChI is InChI=1S/C19H21N3S/c1-14(19-21-10-13-23-19)22-11-7-15(8-12-22)16-6-9-20-18-5-3-2-4-17(16)18/h2-6,9-10,13-15H,7-8,11-12H2,1H3. The Balaban J connectivity index is 1.51. The second-order valence-corrected chi connectivity index (χ2v) is 7.20. The normalized spacial score (nSPS) is 18.3. The maximum Gasteiger partial charge on any atom is 0.109 e. The van der Waals surface area contributed by atoms with Gasteiger partial charge in [0, 0.05) is 23.2 Å². The minimum absolute atomic E-state index is 0.435. The van der Waals surface area contributed by atoms with E-state index < -0.39 is 0 Å². The molecule has 4 rings (SSSR count). The Morgan fingerprint density at radius 3 is 2.70 bits per heavy atom. The molecule has 1 atom stereocenters. The van der Waals surface area contributed by atoms with Gasteiger partial charge in [0.1, 0.15) is 5.01 Å². The number of benzene rings is 1. The molecule has 0 spiro atoms. The van der Waals surface area contributed by atoms with Crippen molar-refractivity contribution in [2.24, 2.45) is 0 Å². The molecule has 1 saturated heterocycles. The van der Waals surface area contributed by atoms with Gasteiger partial charge in [-0.15, -0.1) is 11.3 Å². The van der Waals surface area contributed by atoms with Crippen LogP contribution >= 0.6 is 11.3 Å². The van der Waals surface area contributed by atoms with Crippen LogP contribution in [0.15, 0.2) is 48.1 Å². The monoisotopic (exact) mass is 323 g/mol. The molecule has 4 heteroatoms. The summed E-state index contributed by atoms with van der Waals surface area (Å²) in [6.45, 7) is 4.56. The Kier molecular flexibility index (Phi) is 4.10. The highest BCUT2D eigenvalue weighted by Crippen LogP contribution is 2.35. The third-order valence-corrected chi connectivity index (χ3v) is 5.95. The number of fused-ring (bicyclic) bond motifs is 1. The number of hydrogen-bond donors (Lipinski definition) is 0. The molecule has 1 aliphatic rings. The molecule has 0 radical (unpaired) electrons. The number of thiazole rings is 1. The summed E-state index contributed by atoms with van der Waals surface area (Å²) in [6, 6.07) is 11.2. The first kappa shape index (κ1) is 14.8. The van der Waals surface area contributed by atoms with Gasteiger partial charge in [0.15, 0.2) is 0 Å². The number of rotatable bonds is 3. The van der Waals surface area contributed by atoms with E-state index in [-0.39, 0.29) is 0 Å². The van der Waals surface area contributed by atoms with Crippen LogP contribution in [0.3, 0.4) is 0 Å². The number of hydrogen-bond acceptors (Lipinski definition) is 4. The van der Waals surface area contributed by atoms with Crippen LogP contribution in [0.2, 0.25) is 0 Å². The predicted octanol–water partition coefficient (Wildman–Crippen LogP) is 4.63. The van der Waals surface area contributed by atoms with E-state index in [1.54, 1.807) is 11.3 Å². The Hall–Kier alpha value is -1.78. The zero-order valence-corrected chi connectivity index (χ0v) is 14.2. The molecule has 118 valence electrons. The summed E-state index contributed by atoms with van der Waals surface area (Å²) in [6.07, 6.45) is 6.29. The van der Waals surface area contributed by atoms with Crippen LogP contribution in [0.25, 0.3) is 10.9 Å². The molecule has 3 aromatic rings. The lowest BCUT2D eigenvalue weighted by Crippen LogP contribution is -2.35. The SMILES string of the molecule is CC(c1nccs1)N1CCC(c2ccnc3ccccc23)CC1. The highest BCUT2D eigenvalue weighted by Gasteiger charge is 2.26. The lowest BCUT2D eigenvalue weighted by atomic mass is 9.87. The van der Waals surface area contributed by atoms with Crippen molar-refractivity contribution in [1.29, 1.82) is 0 Å². The van der Waals surface area contributed by atoms with Crippen LogP contribution in [0, 0.1) is 0 Å². The molecule has 1 unspecified atom stereocenters. The average Bonchev–Trinajstić information content (AvgIpc) is 3.15. The molecule has 0 bridgehead atoms. The predicted molar refractivity (Wildman–Crippen MR) is 95.8 cm³/mol. The first-order chi connectivity index (χ1) is 11.3. The van der Waals surface area contributed by atoms with E-state index in [2.05, 4.69) is 57.5 Å². The van der Waals surface area contributed by atoms with Crippen LogP contribution < -0.4 is 0 Å². The average molecular weight is 323 g/mol. The third-order valence-electron chi connectivity index (χ3n) is 5.01. The van der Waals surface area contributed by atoms with Crippen molar-refractivity contribution < 1.29 is 0 Å². The minimum atomic E-state index is 0.435. The van der Waals surface area contributed by atoms with Crippen molar-refractivity contribution in [3.05, 3.63) is 58.7 Å². The van der Waals surface area contributed by atoms with Gasteiger partial charge in [0.05, 0.1) is 11.6 Å². The summed E-state index contributed by atoms with van der Waals surface area (Å²) < 4.78 is 0. The number of nitrogens with zero attached hydrogens (tertiary/aromatic N) is 3. The van der Waals surface area contributed by atoms with Gasteiger partial charge in [-0.1, -0.05) is 18.2 Å². The molecule has 0 aliphatic carbocycles. The van der Waals surface area contributed by atoms with E-state index in [1.807, 2.05) is 12.4 Å². The summed E-state index contributed by atoms with van der Waals surface area (Å²) in [5.41, 5.74) is 2.58. The van der Waals surface area contributed by atoms with Gasteiger partial charge in [0.25, 0.3) is 0 Å². The van der Waals surface area contributed by atoms with Crippen LogP contribution in [-0.4, -0.2) is 28.0 Å². The van der Waals surface area contributed by atoms with E-state index in [4.69, 9.17) is 0 Å². The number of para-hydroxylation sites is 1. The molecule has 3 nitrogen and oxygen atoms in total. The molecular weight excluding hydrogens is 302 g/mol. The van der Waals surface area contributed by atoms with Crippen LogP contribution in [-0.2, 0) is 0 Å². The van der Waals surface area contributed by atoms with Crippen molar-refractivity contribution in [2.45, 2.75) is 31.7 Å². The summed E-state index contributed by atoms with van der Waals surface area (Å²) in [7, 11) is 0. The molecule has 1 aromatic carbocycles. The summed E-state index contributed by atoms with van der Waals surface area (Å²) in [5, 5.41) is 4.63. The van der Waals surface area contributed by atoms with Gasteiger partial charge >= 0.3 is 0 Å². The zero-order chi connectivity index (χ0) is 15.6. The Morgan fingerprint density at radius 1 is 1.09 bits per heavy atom.